The number of rotatable bonds is 4. The third-order valence-corrected chi connectivity index (χ3v) is 4.31. The van der Waals surface area contributed by atoms with Crippen LogP contribution >= 0.6 is 11.6 Å². The van der Waals surface area contributed by atoms with Crippen LogP contribution in [0.3, 0.4) is 0 Å². The Labute approximate surface area is 112 Å². The molecule has 98 valence electrons. The van der Waals surface area contributed by atoms with Crippen molar-refractivity contribution in [2.75, 3.05) is 6.54 Å². The second-order valence-electron chi connectivity index (χ2n) is 4.25. The number of nitrogens with zero attached hydrogens (tertiary/aromatic N) is 1. The molecular weight excluding hydrogens is 272 g/mol. The Morgan fingerprint density at radius 2 is 2.11 bits per heavy atom. The lowest BCUT2D eigenvalue weighted by atomic mass is 10.2. The molecular formula is C12H15ClN2O2S. The van der Waals surface area contributed by atoms with E-state index in [0.29, 0.717) is 22.8 Å². The van der Waals surface area contributed by atoms with Gasteiger partial charge in [0.1, 0.15) is 5.84 Å². The molecule has 1 N–H and O–H groups in total. The van der Waals surface area contributed by atoms with E-state index in [0.717, 1.165) is 12.8 Å². The van der Waals surface area contributed by atoms with Crippen molar-refractivity contribution >= 4 is 27.5 Å². The number of fused-ring (bicyclic) bond motifs is 1. The molecule has 0 aliphatic carbocycles. The van der Waals surface area contributed by atoms with Crippen LogP contribution < -0.4 is 4.72 Å². The minimum absolute atomic E-state index is 0.123. The summed E-state index contributed by atoms with van der Waals surface area (Å²) in [6.07, 6.45) is 1.71. The number of halogens is 1. The fourth-order valence-electron chi connectivity index (χ4n) is 1.81. The molecule has 1 aliphatic heterocycles. The summed E-state index contributed by atoms with van der Waals surface area (Å²) in [4.78, 5) is 4.60. The molecule has 1 aliphatic rings. The van der Waals surface area contributed by atoms with Crippen LogP contribution in [0.4, 0.5) is 0 Å². The van der Waals surface area contributed by atoms with Gasteiger partial charge in [-0.05, 0) is 31.9 Å². The topological polar surface area (TPSA) is 58.5 Å². The van der Waals surface area contributed by atoms with Gasteiger partial charge in [-0.25, -0.2) is 8.42 Å². The molecule has 4 nitrogen and oxygen atoms in total. The second-order valence-corrected chi connectivity index (χ2v) is 6.65. The summed E-state index contributed by atoms with van der Waals surface area (Å²) in [6.45, 7) is 2.51. The van der Waals surface area contributed by atoms with Crippen LogP contribution in [0.15, 0.2) is 34.2 Å². The number of nitrogens with one attached hydrogen (secondary N) is 1. The number of hydrogen-bond donors (Lipinski definition) is 1. The average molecular weight is 287 g/mol. The SMILES string of the molecule is CC(Cl)CCCN=C1NS(=O)(=O)c2ccccc21. The Morgan fingerprint density at radius 3 is 2.83 bits per heavy atom. The highest BCUT2D eigenvalue weighted by molar-refractivity contribution is 7.90. The van der Waals surface area contributed by atoms with E-state index < -0.39 is 10.0 Å². The van der Waals surface area contributed by atoms with Gasteiger partial charge in [0, 0.05) is 17.5 Å². The fourth-order valence-corrected chi connectivity index (χ4v) is 3.22. The smallest absolute Gasteiger partial charge is 0.263 e. The third-order valence-electron chi connectivity index (χ3n) is 2.69. The molecule has 1 aromatic carbocycles. The van der Waals surface area contributed by atoms with Crippen molar-refractivity contribution in [1.82, 2.24) is 4.72 Å². The summed E-state index contributed by atoms with van der Waals surface area (Å²) in [5, 5.41) is 0.123. The first-order valence-corrected chi connectivity index (χ1v) is 7.73. The molecule has 0 radical (unpaired) electrons. The van der Waals surface area contributed by atoms with E-state index in [4.69, 9.17) is 11.6 Å². The molecule has 1 heterocycles. The zero-order valence-electron chi connectivity index (χ0n) is 10.1. The molecule has 0 saturated heterocycles. The predicted molar refractivity (Wildman–Crippen MR) is 72.7 cm³/mol. The third kappa shape index (κ3) is 2.84. The van der Waals surface area contributed by atoms with Crippen molar-refractivity contribution in [3.05, 3.63) is 29.8 Å². The van der Waals surface area contributed by atoms with Gasteiger partial charge in [0.2, 0.25) is 0 Å². The van der Waals surface area contributed by atoms with Crippen molar-refractivity contribution in [2.45, 2.75) is 30.0 Å². The Hall–Kier alpha value is -1.07. The highest BCUT2D eigenvalue weighted by atomic mass is 35.5. The zero-order valence-corrected chi connectivity index (χ0v) is 11.6. The number of alkyl halides is 1. The van der Waals surface area contributed by atoms with Crippen LogP contribution in [0.2, 0.25) is 0 Å². The zero-order chi connectivity index (χ0) is 13.2. The summed E-state index contributed by atoms with van der Waals surface area (Å²) in [7, 11) is -3.42. The van der Waals surface area contributed by atoms with Crippen molar-refractivity contribution in [3.8, 4) is 0 Å². The minimum Gasteiger partial charge on any atom is -0.267 e. The molecule has 0 amide bonds. The maximum atomic E-state index is 11.8. The van der Waals surface area contributed by atoms with Crippen molar-refractivity contribution in [3.63, 3.8) is 0 Å². The average Bonchev–Trinajstić information content (AvgIpc) is 2.57. The molecule has 18 heavy (non-hydrogen) atoms. The largest absolute Gasteiger partial charge is 0.267 e. The lowest BCUT2D eigenvalue weighted by Crippen LogP contribution is -2.22. The van der Waals surface area contributed by atoms with Gasteiger partial charge in [-0.3, -0.25) is 9.71 Å². The minimum atomic E-state index is -3.42. The molecule has 0 fully saturated rings. The summed E-state index contributed by atoms with van der Waals surface area (Å²) in [5.41, 5.74) is 0.649. The van der Waals surface area contributed by atoms with Crippen LogP contribution in [0, 0.1) is 0 Å². The normalized spacial score (nSPS) is 20.4. The Morgan fingerprint density at radius 1 is 1.39 bits per heavy atom. The summed E-state index contributed by atoms with van der Waals surface area (Å²) in [6, 6.07) is 6.85. The number of amidine groups is 1. The van der Waals surface area contributed by atoms with E-state index in [-0.39, 0.29) is 5.38 Å². The second kappa shape index (κ2) is 5.28. The first-order valence-electron chi connectivity index (χ1n) is 5.81. The summed E-state index contributed by atoms with van der Waals surface area (Å²) in [5.74, 6) is 0.438. The molecule has 0 saturated carbocycles. The van der Waals surface area contributed by atoms with Gasteiger partial charge in [0.05, 0.1) is 4.90 Å². The van der Waals surface area contributed by atoms with E-state index in [2.05, 4.69) is 9.71 Å². The number of benzene rings is 1. The van der Waals surface area contributed by atoms with Crippen LogP contribution in [-0.2, 0) is 10.0 Å². The Balaban J connectivity index is 2.15. The molecule has 2 rings (SSSR count). The maximum Gasteiger partial charge on any atom is 0.263 e. The molecule has 1 unspecified atom stereocenters. The van der Waals surface area contributed by atoms with E-state index in [1.165, 1.54) is 0 Å². The fraction of sp³-hybridized carbons (Fsp3) is 0.417. The quantitative estimate of drug-likeness (QED) is 0.681. The highest BCUT2D eigenvalue weighted by Gasteiger charge is 2.29. The van der Waals surface area contributed by atoms with Gasteiger partial charge in [-0.2, -0.15) is 0 Å². The molecule has 0 bridgehead atoms. The monoisotopic (exact) mass is 286 g/mol. The Kier molecular flexibility index (Phi) is 3.92. The van der Waals surface area contributed by atoms with E-state index in [1.54, 1.807) is 24.3 Å². The molecule has 6 heteroatoms. The number of aliphatic imine (C=N–C) groups is 1. The van der Waals surface area contributed by atoms with Crippen LogP contribution in [0.25, 0.3) is 0 Å². The van der Waals surface area contributed by atoms with Crippen LogP contribution in [-0.4, -0.2) is 26.2 Å². The molecule has 1 aromatic rings. The standard InChI is InChI=1S/C12H15ClN2O2S/c1-9(13)5-4-8-14-12-10-6-2-3-7-11(10)18(16,17)15-12/h2-3,6-7,9H,4-5,8H2,1H3,(H,14,15). The highest BCUT2D eigenvalue weighted by Crippen LogP contribution is 2.22. The number of hydrogen-bond acceptors (Lipinski definition) is 3. The van der Waals surface area contributed by atoms with E-state index in [9.17, 15) is 8.42 Å². The van der Waals surface area contributed by atoms with Gasteiger partial charge >= 0.3 is 0 Å². The van der Waals surface area contributed by atoms with E-state index >= 15 is 0 Å². The van der Waals surface area contributed by atoms with Crippen molar-refractivity contribution in [2.24, 2.45) is 4.99 Å². The van der Waals surface area contributed by atoms with E-state index in [1.807, 2.05) is 6.92 Å². The van der Waals surface area contributed by atoms with Crippen molar-refractivity contribution < 1.29 is 8.42 Å². The number of sulfonamides is 1. The van der Waals surface area contributed by atoms with Gasteiger partial charge in [0.15, 0.2) is 0 Å². The maximum absolute atomic E-state index is 11.8. The van der Waals surface area contributed by atoms with Gasteiger partial charge < -0.3 is 0 Å². The summed E-state index contributed by atoms with van der Waals surface area (Å²) >= 11 is 5.84. The lowest BCUT2D eigenvalue weighted by molar-refractivity contribution is 0.595. The predicted octanol–water partition coefficient (Wildman–Crippen LogP) is 2.13. The van der Waals surface area contributed by atoms with Crippen molar-refractivity contribution in [1.29, 1.82) is 0 Å². The lowest BCUT2D eigenvalue weighted by Gasteiger charge is -2.01. The van der Waals surface area contributed by atoms with Crippen LogP contribution in [0.5, 0.6) is 0 Å². The molecule has 0 spiro atoms. The first-order chi connectivity index (χ1) is 8.50. The first kappa shape index (κ1) is 13.4. The Bertz CT molecular complexity index is 567. The van der Waals surface area contributed by atoms with Gasteiger partial charge in [-0.15, -0.1) is 11.6 Å². The van der Waals surface area contributed by atoms with Crippen LogP contribution in [0.1, 0.15) is 25.3 Å². The molecule has 1 atom stereocenters. The molecule has 0 aromatic heterocycles. The van der Waals surface area contributed by atoms with Gasteiger partial charge in [0.25, 0.3) is 10.0 Å². The summed E-state index contributed by atoms with van der Waals surface area (Å²) < 4.78 is 26.1. The van der Waals surface area contributed by atoms with Gasteiger partial charge in [-0.1, -0.05) is 12.1 Å².